The molecule has 4 rings (SSSR count). The molecule has 1 atom stereocenters. The topological polar surface area (TPSA) is 70.9 Å². The predicted molar refractivity (Wildman–Crippen MR) is 107 cm³/mol. The lowest BCUT2D eigenvalue weighted by molar-refractivity contribution is 0.199. The van der Waals surface area contributed by atoms with Crippen molar-refractivity contribution in [2.45, 2.75) is 19.4 Å². The van der Waals surface area contributed by atoms with E-state index in [1.54, 1.807) is 19.3 Å². The van der Waals surface area contributed by atoms with Crippen LogP contribution >= 0.6 is 0 Å². The maximum atomic E-state index is 9.80. The summed E-state index contributed by atoms with van der Waals surface area (Å²) in [6.07, 6.45) is 3.76. The van der Waals surface area contributed by atoms with Crippen LogP contribution < -0.4 is 5.32 Å². The average Bonchev–Trinajstić information content (AvgIpc) is 2.71. The molecular weight excluding hydrogens is 336 g/mol. The van der Waals surface area contributed by atoms with E-state index < -0.39 is 6.10 Å². The number of benzene rings is 2. The lowest BCUT2D eigenvalue weighted by Crippen LogP contribution is -2.02. The molecule has 0 aliphatic rings. The summed E-state index contributed by atoms with van der Waals surface area (Å²) in [6, 6.07) is 19.8. The normalized spacial score (nSPS) is 12.1. The van der Waals surface area contributed by atoms with Crippen molar-refractivity contribution in [1.82, 2.24) is 15.2 Å². The first kappa shape index (κ1) is 17.1. The van der Waals surface area contributed by atoms with Gasteiger partial charge in [-0.1, -0.05) is 36.4 Å². The third-order valence-corrected chi connectivity index (χ3v) is 4.52. The Bertz CT molecular complexity index is 1060. The second-order valence-electron chi connectivity index (χ2n) is 6.50. The van der Waals surface area contributed by atoms with Gasteiger partial charge in [-0.3, -0.25) is 4.98 Å². The fraction of sp³-hybridized carbons (Fsp3) is 0.136. The number of pyridine rings is 1. The van der Waals surface area contributed by atoms with Crippen LogP contribution in [0.3, 0.4) is 0 Å². The molecule has 5 nitrogen and oxygen atoms in total. The van der Waals surface area contributed by atoms with Crippen LogP contribution in [-0.2, 0) is 6.42 Å². The minimum absolute atomic E-state index is 0.516. The Kier molecular flexibility index (Phi) is 4.77. The summed E-state index contributed by atoms with van der Waals surface area (Å²) < 4.78 is 0. The molecule has 0 bridgehead atoms. The van der Waals surface area contributed by atoms with Crippen LogP contribution in [-0.4, -0.2) is 20.3 Å². The lowest BCUT2D eigenvalue weighted by atomic mass is 10.0. The van der Waals surface area contributed by atoms with E-state index in [2.05, 4.69) is 26.6 Å². The van der Waals surface area contributed by atoms with Gasteiger partial charge in [0.05, 0.1) is 11.8 Å². The number of aliphatic hydroxyl groups is 1. The molecule has 4 aromatic rings. The first-order chi connectivity index (χ1) is 13.2. The van der Waals surface area contributed by atoms with E-state index in [1.165, 1.54) is 0 Å². The van der Waals surface area contributed by atoms with Gasteiger partial charge < -0.3 is 10.4 Å². The van der Waals surface area contributed by atoms with Gasteiger partial charge in [0.15, 0.2) is 5.82 Å². The quantitative estimate of drug-likeness (QED) is 0.554. The van der Waals surface area contributed by atoms with Crippen molar-refractivity contribution in [1.29, 1.82) is 0 Å². The van der Waals surface area contributed by atoms with Crippen molar-refractivity contribution in [3.8, 4) is 0 Å². The summed E-state index contributed by atoms with van der Waals surface area (Å²) in [6.45, 7) is 1.75. The second kappa shape index (κ2) is 7.51. The number of aromatic nitrogens is 3. The Balaban J connectivity index is 1.71. The minimum atomic E-state index is -0.516. The highest BCUT2D eigenvalue weighted by molar-refractivity contribution is 5.94. The summed E-state index contributed by atoms with van der Waals surface area (Å²) in [7, 11) is 0. The van der Waals surface area contributed by atoms with Gasteiger partial charge in [-0.05, 0) is 42.3 Å². The average molecular weight is 356 g/mol. The highest BCUT2D eigenvalue weighted by Gasteiger charge is 2.10. The second-order valence-corrected chi connectivity index (χ2v) is 6.50. The molecule has 2 heterocycles. The first-order valence-electron chi connectivity index (χ1n) is 8.89. The highest BCUT2D eigenvalue weighted by atomic mass is 16.3. The molecule has 0 spiro atoms. The molecule has 0 fully saturated rings. The third kappa shape index (κ3) is 3.78. The summed E-state index contributed by atoms with van der Waals surface area (Å²) >= 11 is 0. The van der Waals surface area contributed by atoms with Crippen LogP contribution in [0, 0.1) is 0 Å². The zero-order valence-corrected chi connectivity index (χ0v) is 15.0. The third-order valence-electron chi connectivity index (χ3n) is 4.52. The molecule has 0 saturated heterocycles. The molecule has 5 heteroatoms. The van der Waals surface area contributed by atoms with E-state index in [9.17, 15) is 5.11 Å². The smallest absolute Gasteiger partial charge is 0.160 e. The highest BCUT2D eigenvalue weighted by Crippen LogP contribution is 2.27. The molecule has 0 radical (unpaired) electrons. The first-order valence-corrected chi connectivity index (χ1v) is 8.89. The summed E-state index contributed by atoms with van der Waals surface area (Å²) in [5.74, 6) is 0.701. The van der Waals surface area contributed by atoms with Crippen LogP contribution in [0.25, 0.3) is 10.8 Å². The monoisotopic (exact) mass is 356 g/mol. The van der Waals surface area contributed by atoms with E-state index >= 15 is 0 Å². The fourth-order valence-corrected chi connectivity index (χ4v) is 3.09. The number of hydrogen-bond acceptors (Lipinski definition) is 5. The van der Waals surface area contributed by atoms with Crippen LogP contribution in [0.4, 0.5) is 11.5 Å². The van der Waals surface area contributed by atoms with Crippen molar-refractivity contribution < 1.29 is 5.11 Å². The van der Waals surface area contributed by atoms with Crippen LogP contribution in [0.5, 0.6) is 0 Å². The summed E-state index contributed by atoms with van der Waals surface area (Å²) in [5, 5.41) is 24.1. The van der Waals surface area contributed by atoms with Crippen LogP contribution in [0.15, 0.2) is 73.1 Å². The van der Waals surface area contributed by atoms with E-state index in [4.69, 9.17) is 0 Å². The Morgan fingerprint density at radius 2 is 1.70 bits per heavy atom. The molecule has 0 saturated carbocycles. The minimum Gasteiger partial charge on any atom is -0.389 e. The standard InChI is InChI=1S/C22H20N4O/c1-15(27)17-5-4-6-18(14-17)24-22-20-8-3-2-7-19(20)21(25-26-22)13-16-9-11-23-12-10-16/h2-12,14-15,27H,13H2,1H3,(H,24,26). The Morgan fingerprint density at radius 3 is 2.48 bits per heavy atom. The Labute approximate surface area is 157 Å². The summed E-state index contributed by atoms with van der Waals surface area (Å²) in [4.78, 5) is 4.07. The van der Waals surface area contributed by atoms with Crippen molar-refractivity contribution in [3.05, 3.63) is 89.9 Å². The number of anilines is 2. The largest absolute Gasteiger partial charge is 0.389 e. The number of nitrogens with zero attached hydrogens (tertiary/aromatic N) is 3. The van der Waals surface area contributed by atoms with Gasteiger partial charge in [0.2, 0.25) is 0 Å². The van der Waals surface area contributed by atoms with Gasteiger partial charge in [0.25, 0.3) is 0 Å². The molecule has 0 aliphatic heterocycles. The Hall–Kier alpha value is -3.31. The molecule has 2 N–H and O–H groups in total. The van der Waals surface area contributed by atoms with E-state index in [1.807, 2.05) is 54.6 Å². The number of aliphatic hydroxyl groups excluding tert-OH is 1. The molecular formula is C22H20N4O. The van der Waals surface area contributed by atoms with Crippen molar-refractivity contribution >= 4 is 22.3 Å². The maximum Gasteiger partial charge on any atom is 0.160 e. The van der Waals surface area contributed by atoms with Crippen molar-refractivity contribution in [2.75, 3.05) is 5.32 Å². The summed E-state index contributed by atoms with van der Waals surface area (Å²) in [5.41, 5.74) is 3.80. The molecule has 27 heavy (non-hydrogen) atoms. The Morgan fingerprint density at radius 1 is 0.926 bits per heavy atom. The van der Waals surface area contributed by atoms with E-state index in [-0.39, 0.29) is 0 Å². The van der Waals surface area contributed by atoms with Crippen molar-refractivity contribution in [2.24, 2.45) is 0 Å². The maximum absolute atomic E-state index is 9.80. The SMILES string of the molecule is CC(O)c1cccc(Nc2nnc(Cc3ccncc3)c3ccccc23)c1. The zero-order chi connectivity index (χ0) is 18.6. The van der Waals surface area contributed by atoms with Crippen molar-refractivity contribution in [3.63, 3.8) is 0 Å². The van der Waals surface area contributed by atoms with Gasteiger partial charge in [-0.2, -0.15) is 5.10 Å². The molecule has 0 aliphatic carbocycles. The molecule has 2 aromatic carbocycles. The molecule has 1 unspecified atom stereocenters. The van der Waals surface area contributed by atoms with Gasteiger partial charge in [0, 0.05) is 35.3 Å². The van der Waals surface area contributed by atoms with Crippen LogP contribution in [0.2, 0.25) is 0 Å². The lowest BCUT2D eigenvalue weighted by Gasteiger charge is -2.12. The van der Waals surface area contributed by atoms with E-state index in [0.717, 1.165) is 33.3 Å². The van der Waals surface area contributed by atoms with E-state index in [0.29, 0.717) is 12.2 Å². The van der Waals surface area contributed by atoms with Gasteiger partial charge in [0.1, 0.15) is 0 Å². The predicted octanol–water partition coefficient (Wildman–Crippen LogP) is 4.41. The van der Waals surface area contributed by atoms with Crippen LogP contribution in [0.1, 0.15) is 29.8 Å². The zero-order valence-electron chi connectivity index (χ0n) is 15.0. The molecule has 0 amide bonds. The number of hydrogen-bond donors (Lipinski definition) is 2. The molecule has 134 valence electrons. The fourth-order valence-electron chi connectivity index (χ4n) is 3.09. The van der Waals surface area contributed by atoms with Gasteiger partial charge in [-0.25, -0.2) is 0 Å². The van der Waals surface area contributed by atoms with Gasteiger partial charge in [-0.15, -0.1) is 5.10 Å². The number of fused-ring (bicyclic) bond motifs is 1. The van der Waals surface area contributed by atoms with Gasteiger partial charge >= 0.3 is 0 Å². The molecule has 2 aromatic heterocycles. The number of rotatable bonds is 5. The number of nitrogens with one attached hydrogen (secondary N) is 1.